The Morgan fingerprint density at radius 1 is 1.19 bits per heavy atom. The van der Waals surface area contributed by atoms with Crippen LogP contribution in [0.3, 0.4) is 0 Å². The van der Waals surface area contributed by atoms with Crippen LogP contribution in [0.2, 0.25) is 0 Å². The fourth-order valence-electron chi connectivity index (χ4n) is 2.00. The van der Waals surface area contributed by atoms with Crippen LogP contribution in [-0.2, 0) is 4.79 Å². The molecule has 0 radical (unpaired) electrons. The molecule has 0 fully saturated rings. The number of anilines is 1. The quantitative estimate of drug-likeness (QED) is 0.811. The predicted molar refractivity (Wildman–Crippen MR) is 83.5 cm³/mol. The van der Waals surface area contributed by atoms with E-state index in [-0.39, 0.29) is 18.0 Å². The van der Waals surface area contributed by atoms with Gasteiger partial charge in [0.15, 0.2) is 0 Å². The van der Waals surface area contributed by atoms with Gasteiger partial charge in [-0.25, -0.2) is 4.79 Å². The predicted octanol–water partition coefficient (Wildman–Crippen LogP) is 3.11. The lowest BCUT2D eigenvalue weighted by atomic mass is 10.0. The van der Waals surface area contributed by atoms with Gasteiger partial charge in [-0.05, 0) is 31.9 Å². The molecule has 1 aromatic carbocycles. The molecule has 0 aliphatic carbocycles. The van der Waals surface area contributed by atoms with Crippen LogP contribution in [-0.4, -0.2) is 30.2 Å². The number of nitrogens with zero attached hydrogens (tertiary/aromatic N) is 1. The molecule has 0 heterocycles. The second kappa shape index (κ2) is 8.29. The van der Waals surface area contributed by atoms with Crippen molar-refractivity contribution in [3.63, 3.8) is 0 Å². The van der Waals surface area contributed by atoms with Crippen LogP contribution in [0, 0.1) is 5.92 Å². The highest BCUT2D eigenvalue weighted by Gasteiger charge is 2.15. The molecule has 0 aromatic heterocycles. The summed E-state index contributed by atoms with van der Waals surface area (Å²) in [5.74, 6) is -1.10. The van der Waals surface area contributed by atoms with Crippen molar-refractivity contribution in [1.82, 2.24) is 5.32 Å². The SMILES string of the molecule is CC(CCCC(C)C(=O)O)NC(=O)N(C)c1ccccc1. The number of aliphatic carboxylic acids is 1. The minimum absolute atomic E-state index is 0.0182. The third-order valence-electron chi connectivity index (χ3n) is 3.51. The Morgan fingerprint density at radius 3 is 2.38 bits per heavy atom. The standard InChI is InChI=1S/C16H24N2O3/c1-12(15(19)20)8-7-9-13(2)17-16(21)18(3)14-10-5-4-6-11-14/h4-6,10-13H,7-9H2,1-3H3,(H,17,21)(H,19,20). The molecule has 1 aromatic rings. The molecular formula is C16H24N2O3. The van der Waals surface area contributed by atoms with Gasteiger partial charge in [-0.3, -0.25) is 9.69 Å². The Balaban J connectivity index is 2.35. The molecule has 5 heteroatoms. The lowest BCUT2D eigenvalue weighted by molar-refractivity contribution is -0.141. The number of nitrogens with one attached hydrogen (secondary N) is 1. The highest BCUT2D eigenvalue weighted by molar-refractivity contribution is 5.91. The number of hydrogen-bond donors (Lipinski definition) is 2. The number of carboxylic acids is 1. The average Bonchev–Trinajstić information content (AvgIpc) is 2.46. The van der Waals surface area contributed by atoms with Crippen LogP contribution < -0.4 is 10.2 Å². The third-order valence-corrected chi connectivity index (χ3v) is 3.51. The second-order valence-corrected chi connectivity index (χ2v) is 5.42. The zero-order chi connectivity index (χ0) is 15.8. The highest BCUT2D eigenvalue weighted by Crippen LogP contribution is 2.12. The molecule has 21 heavy (non-hydrogen) atoms. The Morgan fingerprint density at radius 2 is 1.81 bits per heavy atom. The molecule has 1 rings (SSSR count). The van der Waals surface area contributed by atoms with Crippen molar-refractivity contribution in [2.45, 2.75) is 39.2 Å². The van der Waals surface area contributed by atoms with Crippen LogP contribution in [0.25, 0.3) is 0 Å². The van der Waals surface area contributed by atoms with Crippen LogP contribution in [0.1, 0.15) is 33.1 Å². The lowest BCUT2D eigenvalue weighted by Crippen LogP contribution is -2.42. The lowest BCUT2D eigenvalue weighted by Gasteiger charge is -2.21. The van der Waals surface area contributed by atoms with E-state index >= 15 is 0 Å². The Labute approximate surface area is 126 Å². The summed E-state index contributed by atoms with van der Waals surface area (Å²) in [4.78, 5) is 24.4. The first kappa shape index (κ1) is 17.0. The van der Waals surface area contributed by atoms with Crippen molar-refractivity contribution in [2.24, 2.45) is 5.92 Å². The maximum absolute atomic E-state index is 12.1. The molecule has 2 atom stereocenters. The normalized spacial score (nSPS) is 13.3. The van der Waals surface area contributed by atoms with Gasteiger partial charge in [-0.1, -0.05) is 31.5 Å². The van der Waals surface area contributed by atoms with Crippen LogP contribution in [0.15, 0.2) is 30.3 Å². The largest absolute Gasteiger partial charge is 0.481 e. The van der Waals surface area contributed by atoms with E-state index in [1.165, 1.54) is 0 Å². The van der Waals surface area contributed by atoms with Gasteiger partial charge in [0.2, 0.25) is 0 Å². The van der Waals surface area contributed by atoms with Gasteiger partial charge in [0.1, 0.15) is 0 Å². The molecule has 5 nitrogen and oxygen atoms in total. The smallest absolute Gasteiger partial charge is 0.321 e. The van der Waals surface area contributed by atoms with E-state index in [0.29, 0.717) is 6.42 Å². The van der Waals surface area contributed by atoms with Crippen molar-refractivity contribution >= 4 is 17.7 Å². The minimum Gasteiger partial charge on any atom is -0.481 e. The first-order chi connectivity index (χ1) is 9.91. The third kappa shape index (κ3) is 5.85. The Kier molecular flexibility index (Phi) is 6.72. The number of rotatable bonds is 7. The molecule has 0 aliphatic rings. The van der Waals surface area contributed by atoms with Crippen molar-refractivity contribution in [3.8, 4) is 0 Å². The average molecular weight is 292 g/mol. The molecule has 116 valence electrons. The summed E-state index contributed by atoms with van der Waals surface area (Å²) in [5.41, 5.74) is 0.835. The van der Waals surface area contributed by atoms with E-state index in [4.69, 9.17) is 5.11 Å². The number of carboxylic acid groups (broad SMARTS) is 1. The fraction of sp³-hybridized carbons (Fsp3) is 0.500. The van der Waals surface area contributed by atoms with E-state index in [1.807, 2.05) is 37.3 Å². The fourth-order valence-corrected chi connectivity index (χ4v) is 2.00. The topological polar surface area (TPSA) is 69.6 Å². The van der Waals surface area contributed by atoms with Crippen molar-refractivity contribution in [3.05, 3.63) is 30.3 Å². The summed E-state index contributed by atoms with van der Waals surface area (Å²) in [5, 5.41) is 11.7. The molecule has 0 bridgehead atoms. The van der Waals surface area contributed by atoms with E-state index < -0.39 is 5.97 Å². The number of hydrogen-bond acceptors (Lipinski definition) is 2. The van der Waals surface area contributed by atoms with Gasteiger partial charge in [-0.2, -0.15) is 0 Å². The maximum Gasteiger partial charge on any atom is 0.321 e. The number of amides is 2. The maximum atomic E-state index is 12.1. The van der Waals surface area contributed by atoms with Gasteiger partial charge in [-0.15, -0.1) is 0 Å². The summed E-state index contributed by atoms with van der Waals surface area (Å²) in [6.07, 6.45) is 2.18. The van der Waals surface area contributed by atoms with Crippen molar-refractivity contribution in [2.75, 3.05) is 11.9 Å². The highest BCUT2D eigenvalue weighted by atomic mass is 16.4. The summed E-state index contributed by atoms with van der Waals surface area (Å²) in [6, 6.07) is 9.29. The second-order valence-electron chi connectivity index (χ2n) is 5.42. The number of benzene rings is 1. The monoisotopic (exact) mass is 292 g/mol. The summed E-state index contributed by atoms with van der Waals surface area (Å²) in [7, 11) is 1.73. The molecule has 2 amide bonds. The number of carbonyl (C=O) groups excluding carboxylic acids is 1. The summed E-state index contributed by atoms with van der Waals surface area (Å²) >= 11 is 0. The first-order valence-corrected chi connectivity index (χ1v) is 7.24. The molecule has 2 N–H and O–H groups in total. The molecule has 0 spiro atoms. The van der Waals surface area contributed by atoms with Crippen LogP contribution in [0.5, 0.6) is 0 Å². The van der Waals surface area contributed by atoms with Gasteiger partial charge in [0.05, 0.1) is 5.92 Å². The molecule has 0 saturated carbocycles. The molecule has 0 aliphatic heterocycles. The van der Waals surface area contributed by atoms with Crippen LogP contribution >= 0.6 is 0 Å². The minimum atomic E-state index is -0.768. The zero-order valence-electron chi connectivity index (χ0n) is 12.9. The molecule has 0 saturated heterocycles. The van der Waals surface area contributed by atoms with Gasteiger partial charge >= 0.3 is 12.0 Å². The summed E-state index contributed by atoms with van der Waals surface area (Å²) in [6.45, 7) is 3.64. The Hall–Kier alpha value is -2.04. The van der Waals surface area contributed by atoms with Crippen molar-refractivity contribution < 1.29 is 14.7 Å². The number of para-hydroxylation sites is 1. The van der Waals surface area contributed by atoms with Gasteiger partial charge in [0, 0.05) is 18.8 Å². The van der Waals surface area contributed by atoms with Gasteiger partial charge in [0.25, 0.3) is 0 Å². The Bertz CT molecular complexity index is 462. The van der Waals surface area contributed by atoms with Gasteiger partial charge < -0.3 is 10.4 Å². The van der Waals surface area contributed by atoms with Crippen molar-refractivity contribution in [1.29, 1.82) is 0 Å². The van der Waals surface area contributed by atoms with E-state index in [9.17, 15) is 9.59 Å². The van der Waals surface area contributed by atoms with E-state index in [1.54, 1.807) is 18.9 Å². The first-order valence-electron chi connectivity index (χ1n) is 7.24. The number of urea groups is 1. The van der Waals surface area contributed by atoms with E-state index in [0.717, 1.165) is 18.5 Å². The molecule has 2 unspecified atom stereocenters. The number of carbonyl (C=O) groups is 2. The van der Waals surface area contributed by atoms with E-state index in [2.05, 4.69) is 5.32 Å². The molecular weight excluding hydrogens is 268 g/mol. The van der Waals surface area contributed by atoms with Crippen LogP contribution in [0.4, 0.5) is 10.5 Å². The zero-order valence-corrected chi connectivity index (χ0v) is 12.9. The summed E-state index contributed by atoms with van der Waals surface area (Å²) < 4.78 is 0.